The summed E-state index contributed by atoms with van der Waals surface area (Å²) in [6.45, 7) is 4.64. The predicted molar refractivity (Wildman–Crippen MR) is 160 cm³/mol. The lowest BCUT2D eigenvalue weighted by Gasteiger charge is -2.43. The first kappa shape index (κ1) is 30.1. The van der Waals surface area contributed by atoms with E-state index in [1.807, 2.05) is 54.6 Å². The second-order valence-corrected chi connectivity index (χ2v) is 11.5. The fourth-order valence-corrected chi connectivity index (χ4v) is 6.08. The smallest absolute Gasteiger partial charge is 0.408 e. The van der Waals surface area contributed by atoms with Crippen LogP contribution in [0.5, 0.6) is 5.75 Å². The van der Waals surface area contributed by atoms with Crippen LogP contribution in [-0.2, 0) is 32.6 Å². The second-order valence-electron chi connectivity index (χ2n) is 11.5. The van der Waals surface area contributed by atoms with Crippen LogP contribution in [0.4, 0.5) is 4.79 Å². The molecule has 0 spiro atoms. The summed E-state index contributed by atoms with van der Waals surface area (Å²) < 4.78 is 29.9. The van der Waals surface area contributed by atoms with Gasteiger partial charge in [0.05, 0.1) is 31.6 Å². The number of rotatable bonds is 12. The number of ether oxygens (including phenoxy) is 5. The van der Waals surface area contributed by atoms with Gasteiger partial charge in [-0.25, -0.2) is 9.59 Å². The van der Waals surface area contributed by atoms with Gasteiger partial charge in [-0.15, -0.1) is 0 Å². The van der Waals surface area contributed by atoms with Gasteiger partial charge in [-0.1, -0.05) is 42.5 Å². The zero-order valence-electron chi connectivity index (χ0n) is 25.1. The van der Waals surface area contributed by atoms with Gasteiger partial charge in [0, 0.05) is 20.0 Å². The molecule has 44 heavy (non-hydrogen) atoms. The fraction of sp³-hybridized carbons (Fsp3) is 0.485. The Morgan fingerprint density at radius 2 is 1.80 bits per heavy atom. The average molecular weight is 605 g/mol. The second kappa shape index (κ2) is 14.2. The molecule has 4 fully saturated rings. The molecule has 2 bridgehead atoms. The minimum Gasteiger partial charge on any atom is -0.487 e. The van der Waals surface area contributed by atoms with Gasteiger partial charge in [-0.05, 0) is 67.6 Å². The zero-order chi connectivity index (χ0) is 30.3. The first-order valence-electron chi connectivity index (χ1n) is 15.4. The molecular formula is C33H40N4O7. The van der Waals surface area contributed by atoms with Gasteiger partial charge >= 0.3 is 12.1 Å². The lowest BCUT2D eigenvalue weighted by atomic mass is 9.86. The molecule has 2 atom stereocenters. The molecule has 0 saturated carbocycles. The summed E-state index contributed by atoms with van der Waals surface area (Å²) in [6, 6.07) is 18.7. The molecule has 1 aromatic heterocycles. The van der Waals surface area contributed by atoms with E-state index in [0.717, 1.165) is 43.6 Å². The van der Waals surface area contributed by atoms with Gasteiger partial charge < -0.3 is 29.0 Å². The number of aromatic nitrogens is 2. The van der Waals surface area contributed by atoms with Crippen molar-refractivity contribution in [2.75, 3.05) is 39.5 Å². The van der Waals surface area contributed by atoms with E-state index in [4.69, 9.17) is 23.7 Å². The van der Waals surface area contributed by atoms with E-state index < -0.39 is 18.1 Å². The SMILES string of the molecule is Cn1nc(C(=O)OCCCC2OCCO2)cc1COc1cccc([C@@H](NC(=O)O[C@H]2CN3CCC2CC3)c2ccccc2)c1. The molecule has 5 heterocycles. The number of hydrogen-bond donors (Lipinski definition) is 1. The number of amides is 1. The number of fused-ring (bicyclic) bond motifs is 3. The fourth-order valence-electron chi connectivity index (χ4n) is 6.08. The maximum Gasteiger partial charge on any atom is 0.408 e. The zero-order valence-corrected chi connectivity index (χ0v) is 25.1. The van der Waals surface area contributed by atoms with Crippen LogP contribution in [0.1, 0.15) is 59.0 Å². The van der Waals surface area contributed by atoms with E-state index in [1.165, 1.54) is 0 Å². The molecule has 11 heteroatoms. The molecule has 2 aromatic carbocycles. The van der Waals surface area contributed by atoms with Crippen molar-refractivity contribution in [2.45, 2.75) is 50.7 Å². The van der Waals surface area contributed by atoms with Crippen LogP contribution >= 0.6 is 0 Å². The van der Waals surface area contributed by atoms with Crippen LogP contribution in [0.2, 0.25) is 0 Å². The number of carbonyl (C=O) groups is 2. The molecule has 4 saturated heterocycles. The number of carbonyl (C=O) groups excluding carboxylic acids is 2. The highest BCUT2D eigenvalue weighted by Gasteiger charge is 2.37. The van der Waals surface area contributed by atoms with E-state index >= 15 is 0 Å². The van der Waals surface area contributed by atoms with Gasteiger partial charge in [0.25, 0.3) is 0 Å². The number of nitrogens with one attached hydrogen (secondary N) is 1. The first-order valence-corrected chi connectivity index (χ1v) is 15.4. The molecule has 1 amide bonds. The summed E-state index contributed by atoms with van der Waals surface area (Å²) in [5, 5.41) is 7.41. The van der Waals surface area contributed by atoms with Gasteiger partial charge in [-0.2, -0.15) is 5.10 Å². The number of esters is 1. The van der Waals surface area contributed by atoms with Gasteiger partial charge in [0.15, 0.2) is 12.0 Å². The quantitative estimate of drug-likeness (QED) is 0.240. The highest BCUT2D eigenvalue weighted by atomic mass is 16.7. The van der Waals surface area contributed by atoms with Crippen molar-refractivity contribution in [1.29, 1.82) is 0 Å². The molecule has 3 aromatic rings. The molecule has 234 valence electrons. The van der Waals surface area contributed by atoms with Crippen LogP contribution < -0.4 is 10.1 Å². The number of piperidine rings is 3. The van der Waals surface area contributed by atoms with Crippen LogP contribution in [0, 0.1) is 5.92 Å². The average Bonchev–Trinajstić information content (AvgIpc) is 3.71. The normalized spacial score (nSPS) is 22.0. The summed E-state index contributed by atoms with van der Waals surface area (Å²) in [7, 11) is 1.76. The summed E-state index contributed by atoms with van der Waals surface area (Å²) in [5.74, 6) is 0.570. The molecule has 4 aliphatic rings. The number of alkyl carbamates (subject to hydrolysis) is 1. The lowest BCUT2D eigenvalue weighted by molar-refractivity contribution is -0.0505. The van der Waals surface area contributed by atoms with E-state index in [9.17, 15) is 9.59 Å². The molecule has 0 radical (unpaired) electrons. The monoisotopic (exact) mass is 604 g/mol. The van der Waals surface area contributed by atoms with Crippen molar-refractivity contribution < 1.29 is 33.3 Å². The molecule has 11 nitrogen and oxygen atoms in total. The van der Waals surface area contributed by atoms with Crippen molar-refractivity contribution in [3.8, 4) is 5.75 Å². The minimum absolute atomic E-state index is 0.0780. The molecular weight excluding hydrogens is 564 g/mol. The highest BCUT2D eigenvalue weighted by Crippen LogP contribution is 2.31. The van der Waals surface area contributed by atoms with Crippen molar-refractivity contribution in [2.24, 2.45) is 13.0 Å². The Balaban J connectivity index is 1.06. The topological polar surface area (TPSA) is 113 Å². The summed E-state index contributed by atoms with van der Waals surface area (Å²) in [5.41, 5.74) is 2.74. The third kappa shape index (κ3) is 7.58. The minimum atomic E-state index is -0.482. The number of hydrogen-bond acceptors (Lipinski definition) is 9. The van der Waals surface area contributed by atoms with Crippen molar-refractivity contribution in [3.05, 3.63) is 83.2 Å². The van der Waals surface area contributed by atoms with Crippen molar-refractivity contribution in [3.63, 3.8) is 0 Å². The van der Waals surface area contributed by atoms with Gasteiger partial charge in [-0.3, -0.25) is 9.58 Å². The van der Waals surface area contributed by atoms with E-state index in [2.05, 4.69) is 15.3 Å². The summed E-state index contributed by atoms with van der Waals surface area (Å²) in [6.07, 6.45) is 2.76. The molecule has 1 N–H and O–H groups in total. The predicted octanol–water partition coefficient (Wildman–Crippen LogP) is 4.22. The molecule has 4 aliphatic heterocycles. The highest BCUT2D eigenvalue weighted by molar-refractivity contribution is 5.87. The van der Waals surface area contributed by atoms with E-state index in [-0.39, 0.29) is 31.3 Å². The summed E-state index contributed by atoms with van der Waals surface area (Å²) >= 11 is 0. The largest absolute Gasteiger partial charge is 0.487 e. The number of nitrogens with zero attached hydrogens (tertiary/aromatic N) is 3. The third-order valence-electron chi connectivity index (χ3n) is 8.52. The standard InChI is InChI=1S/C33H40N4O7/c1-36-26(20-28(35-36)32(38)42-16-6-11-30-40-17-18-41-30)22-43-27-10-5-9-25(19-27)31(24-7-3-2-4-8-24)34-33(39)44-29-21-37-14-12-23(29)13-15-37/h2-5,7-10,19-20,23,29-31H,6,11-18,21-22H2,1H3,(H,34,39)/t29-,31-/m0/s1. The van der Waals surface area contributed by atoms with Crippen LogP contribution in [0.25, 0.3) is 0 Å². The Hall–Kier alpha value is -3.93. The maximum atomic E-state index is 13.1. The van der Waals surface area contributed by atoms with Crippen LogP contribution in [-0.4, -0.2) is 78.6 Å². The third-order valence-corrected chi connectivity index (χ3v) is 8.52. The van der Waals surface area contributed by atoms with Gasteiger partial charge in [0.2, 0.25) is 0 Å². The van der Waals surface area contributed by atoms with Crippen LogP contribution in [0.3, 0.4) is 0 Å². The maximum absolute atomic E-state index is 13.1. The van der Waals surface area contributed by atoms with Crippen molar-refractivity contribution >= 4 is 12.1 Å². The van der Waals surface area contributed by atoms with E-state index in [0.29, 0.717) is 43.4 Å². The molecule has 0 unspecified atom stereocenters. The lowest BCUT2D eigenvalue weighted by Crippen LogP contribution is -2.52. The number of aryl methyl sites for hydroxylation is 1. The first-order chi connectivity index (χ1) is 21.5. The Bertz CT molecular complexity index is 1400. The number of benzene rings is 2. The Labute approximate surface area is 257 Å². The molecule has 0 aliphatic carbocycles. The molecule has 7 rings (SSSR count). The van der Waals surface area contributed by atoms with Gasteiger partial charge in [0.1, 0.15) is 18.5 Å². The van der Waals surface area contributed by atoms with Crippen molar-refractivity contribution in [1.82, 2.24) is 20.0 Å². The van der Waals surface area contributed by atoms with E-state index in [1.54, 1.807) is 17.8 Å². The Morgan fingerprint density at radius 3 is 2.55 bits per heavy atom. The Morgan fingerprint density at radius 1 is 1.02 bits per heavy atom. The van der Waals surface area contributed by atoms with Crippen LogP contribution in [0.15, 0.2) is 60.7 Å². The summed E-state index contributed by atoms with van der Waals surface area (Å²) in [4.78, 5) is 28.0. The Kier molecular flexibility index (Phi) is 9.74.